The first-order valence-electron chi connectivity index (χ1n) is 15.3. The molecule has 0 aromatic heterocycles. The van der Waals surface area contributed by atoms with Crippen molar-refractivity contribution in [3.05, 3.63) is 0 Å². The van der Waals surface area contributed by atoms with E-state index < -0.39 is 22.8 Å². The average Bonchev–Trinajstić information content (AvgIpc) is 3.83. The monoisotopic (exact) mass is 652 g/mol. The highest BCUT2D eigenvalue weighted by molar-refractivity contribution is 5.85. The standard InChI is InChI=1S/2C11H18O5.C8H12O3.ClH/c2*1-13-9(12)10(14-2)3-5-11(6-4-10)15-7-8-16-11;9-7-1-3-8(4-2-7)10-5-6-11-8;/h2*3-8H2,1-2H3;1-6H2;1H. The average molecular weight is 653 g/mol. The number of rotatable bonds is 4. The summed E-state index contributed by atoms with van der Waals surface area (Å²) in [6, 6.07) is 0. The third-order valence-electron chi connectivity index (χ3n) is 9.55. The van der Waals surface area contributed by atoms with Gasteiger partial charge in [-0.25, -0.2) is 9.59 Å². The van der Waals surface area contributed by atoms with Gasteiger partial charge in [-0.2, -0.15) is 0 Å². The van der Waals surface area contributed by atoms with Crippen LogP contribution < -0.4 is 0 Å². The highest BCUT2D eigenvalue weighted by Gasteiger charge is 2.52. The van der Waals surface area contributed by atoms with Crippen LogP contribution in [-0.2, 0) is 61.8 Å². The number of carbonyl (C=O) groups is 3. The number of Topliss-reactive ketones (excluding diaryl/α,β-unsaturated/α-hetero) is 1. The maximum Gasteiger partial charge on any atom is 0.338 e. The Morgan fingerprint density at radius 1 is 0.500 bits per heavy atom. The molecule has 0 amide bonds. The molecule has 3 spiro atoms. The van der Waals surface area contributed by atoms with Crippen LogP contribution in [0.5, 0.6) is 0 Å². The number of esters is 2. The molecule has 3 saturated heterocycles. The van der Waals surface area contributed by atoms with Crippen LogP contribution in [0.25, 0.3) is 0 Å². The van der Waals surface area contributed by atoms with Gasteiger partial charge in [-0.05, 0) is 25.7 Å². The zero-order valence-electron chi connectivity index (χ0n) is 26.4. The number of hydrogen-bond donors (Lipinski definition) is 0. The van der Waals surface area contributed by atoms with Crippen molar-refractivity contribution in [2.24, 2.45) is 0 Å². The van der Waals surface area contributed by atoms with E-state index in [0.29, 0.717) is 110 Å². The van der Waals surface area contributed by atoms with Crippen molar-refractivity contribution in [2.45, 2.75) is 106 Å². The minimum Gasteiger partial charge on any atom is -0.467 e. The van der Waals surface area contributed by atoms with Crippen molar-refractivity contribution in [1.82, 2.24) is 0 Å². The maximum atomic E-state index is 11.7. The summed E-state index contributed by atoms with van der Waals surface area (Å²) in [4.78, 5) is 34.3. The van der Waals surface area contributed by atoms with E-state index in [-0.39, 0.29) is 30.1 Å². The van der Waals surface area contributed by atoms with E-state index in [9.17, 15) is 14.4 Å². The van der Waals surface area contributed by atoms with Crippen molar-refractivity contribution in [2.75, 3.05) is 68.1 Å². The number of methoxy groups -OCH3 is 4. The largest absolute Gasteiger partial charge is 0.467 e. The summed E-state index contributed by atoms with van der Waals surface area (Å²) in [6.07, 6.45) is 7.79. The quantitative estimate of drug-likeness (QED) is 0.411. The molecule has 0 atom stereocenters. The van der Waals surface area contributed by atoms with Gasteiger partial charge in [-0.1, -0.05) is 0 Å². The van der Waals surface area contributed by atoms with E-state index in [2.05, 4.69) is 0 Å². The molecule has 3 heterocycles. The Morgan fingerprint density at radius 3 is 1.02 bits per heavy atom. The van der Waals surface area contributed by atoms with Crippen molar-refractivity contribution >= 4 is 30.1 Å². The van der Waals surface area contributed by atoms with Crippen molar-refractivity contribution in [3.63, 3.8) is 0 Å². The third-order valence-corrected chi connectivity index (χ3v) is 9.55. The molecule has 0 aromatic rings. The minimum atomic E-state index is -0.810. The summed E-state index contributed by atoms with van der Waals surface area (Å²) < 4.78 is 53.6. The topological polar surface area (TPSA) is 144 Å². The van der Waals surface area contributed by atoms with Crippen LogP contribution >= 0.6 is 12.4 Å². The van der Waals surface area contributed by atoms with E-state index in [4.69, 9.17) is 47.4 Å². The van der Waals surface area contributed by atoms with Crippen molar-refractivity contribution < 1.29 is 61.8 Å². The second-order valence-corrected chi connectivity index (χ2v) is 11.7. The zero-order chi connectivity index (χ0) is 31.0. The van der Waals surface area contributed by atoms with Crippen molar-refractivity contribution in [1.29, 1.82) is 0 Å². The normalized spacial score (nSPS) is 29.1. The molecule has 3 saturated carbocycles. The molecule has 13 nitrogen and oxygen atoms in total. The molecule has 0 radical (unpaired) electrons. The lowest BCUT2D eigenvalue weighted by atomic mass is 9.81. The number of ether oxygens (including phenoxy) is 10. The van der Waals surface area contributed by atoms with E-state index in [1.54, 1.807) is 14.2 Å². The zero-order valence-corrected chi connectivity index (χ0v) is 27.3. The van der Waals surface area contributed by atoms with Gasteiger partial charge in [0, 0.05) is 65.6 Å². The van der Waals surface area contributed by atoms with Crippen LogP contribution in [0, 0.1) is 0 Å². The number of halogens is 1. The Balaban J connectivity index is 0.000000181. The molecule has 6 rings (SSSR count). The molecule has 14 heteroatoms. The summed E-state index contributed by atoms with van der Waals surface area (Å²) in [5.41, 5.74) is -1.62. The van der Waals surface area contributed by atoms with E-state index in [1.807, 2.05) is 0 Å². The first-order chi connectivity index (χ1) is 20.6. The summed E-state index contributed by atoms with van der Waals surface area (Å²) in [5, 5.41) is 0. The van der Waals surface area contributed by atoms with Gasteiger partial charge in [0.15, 0.2) is 28.6 Å². The number of carbonyl (C=O) groups excluding carboxylic acids is 3. The van der Waals surface area contributed by atoms with Crippen molar-refractivity contribution in [3.8, 4) is 0 Å². The van der Waals surface area contributed by atoms with Crippen LogP contribution in [-0.4, -0.2) is 114 Å². The first-order valence-corrected chi connectivity index (χ1v) is 15.3. The smallest absolute Gasteiger partial charge is 0.338 e. The summed E-state index contributed by atoms with van der Waals surface area (Å²) >= 11 is 0. The summed E-state index contributed by atoms with van der Waals surface area (Å²) in [7, 11) is 5.86. The molecule has 44 heavy (non-hydrogen) atoms. The lowest BCUT2D eigenvalue weighted by molar-refractivity contribution is -0.215. The second-order valence-electron chi connectivity index (χ2n) is 11.7. The van der Waals surface area contributed by atoms with E-state index >= 15 is 0 Å². The molecule has 0 bridgehead atoms. The minimum absolute atomic E-state index is 0. The van der Waals surface area contributed by atoms with Gasteiger partial charge in [0.25, 0.3) is 0 Å². The van der Waals surface area contributed by atoms with Gasteiger partial charge in [0.1, 0.15) is 5.78 Å². The Hall–Kier alpha value is -1.42. The van der Waals surface area contributed by atoms with Crippen LogP contribution in [0.1, 0.15) is 77.0 Å². The molecule has 0 unspecified atom stereocenters. The lowest BCUT2D eigenvalue weighted by Gasteiger charge is -2.40. The predicted molar refractivity (Wildman–Crippen MR) is 155 cm³/mol. The number of hydrogen-bond acceptors (Lipinski definition) is 13. The number of ketones is 1. The van der Waals surface area contributed by atoms with Gasteiger partial charge in [0.2, 0.25) is 0 Å². The highest BCUT2D eigenvalue weighted by Crippen LogP contribution is 2.43. The highest BCUT2D eigenvalue weighted by atomic mass is 35.5. The fraction of sp³-hybridized carbons (Fsp3) is 0.900. The lowest BCUT2D eigenvalue weighted by Crippen LogP contribution is -2.50. The molecule has 6 aliphatic rings. The van der Waals surface area contributed by atoms with E-state index in [1.165, 1.54) is 14.2 Å². The molecule has 3 aliphatic carbocycles. The summed E-state index contributed by atoms with van der Waals surface area (Å²) in [5.74, 6) is -1.58. The molecular weight excluding hydrogens is 604 g/mol. The van der Waals surface area contributed by atoms with Gasteiger partial charge in [-0.15, -0.1) is 12.4 Å². The van der Waals surface area contributed by atoms with Gasteiger partial charge >= 0.3 is 11.9 Å². The van der Waals surface area contributed by atoms with Crippen LogP contribution in [0.4, 0.5) is 0 Å². The van der Waals surface area contributed by atoms with Gasteiger partial charge in [-0.3, -0.25) is 4.79 Å². The Morgan fingerprint density at radius 2 is 0.773 bits per heavy atom. The summed E-state index contributed by atoms with van der Waals surface area (Å²) in [6.45, 7) is 3.93. The molecule has 0 N–H and O–H groups in total. The Kier molecular flexibility index (Phi) is 13.4. The first kappa shape index (κ1) is 37.0. The SMILES string of the molecule is COC(=O)C1(OC)CCC2(CC1)OCCO2.COC(=O)C1(OC)CCC2(CC1)OCCO2.Cl.O=C1CCC2(CC1)OCCO2. The fourth-order valence-corrected chi connectivity index (χ4v) is 6.69. The Bertz CT molecular complexity index is 867. The van der Waals surface area contributed by atoms with Crippen LogP contribution in [0.3, 0.4) is 0 Å². The van der Waals surface area contributed by atoms with Crippen LogP contribution in [0.15, 0.2) is 0 Å². The van der Waals surface area contributed by atoms with Gasteiger partial charge < -0.3 is 47.4 Å². The molecular formula is C30H49ClO13. The second kappa shape index (κ2) is 15.9. The predicted octanol–water partition coefficient (Wildman–Crippen LogP) is 3.02. The molecule has 254 valence electrons. The molecule has 3 aliphatic heterocycles. The van der Waals surface area contributed by atoms with E-state index in [0.717, 1.165) is 12.8 Å². The molecule has 0 aromatic carbocycles. The van der Waals surface area contributed by atoms with Crippen LogP contribution in [0.2, 0.25) is 0 Å². The fourth-order valence-electron chi connectivity index (χ4n) is 6.69. The maximum absolute atomic E-state index is 11.7. The third kappa shape index (κ3) is 8.29. The van der Waals surface area contributed by atoms with Gasteiger partial charge in [0.05, 0.1) is 53.9 Å². The molecule has 6 fully saturated rings. The Labute approximate surface area is 265 Å².